The molecule has 0 atom stereocenters. The first kappa shape index (κ1) is 27.7. The minimum absolute atomic E-state index is 0.00640. The molecule has 0 aliphatic carbocycles. The zero-order chi connectivity index (χ0) is 28.4. The lowest BCUT2D eigenvalue weighted by Crippen LogP contribution is -2.44. The smallest absolute Gasteiger partial charge is 0.256 e. The lowest BCUT2D eigenvalue weighted by atomic mass is 10.1. The molecule has 0 unspecified atom stereocenters. The average Bonchev–Trinajstić information content (AvgIpc) is 3.52. The van der Waals surface area contributed by atoms with Gasteiger partial charge in [-0.2, -0.15) is 9.40 Å². The summed E-state index contributed by atoms with van der Waals surface area (Å²) in [5.74, 6) is -1.28. The van der Waals surface area contributed by atoms with Crippen molar-refractivity contribution in [2.24, 2.45) is 0 Å². The molecule has 1 aromatic heterocycles. The second-order valence-electron chi connectivity index (χ2n) is 9.72. The monoisotopic (exact) mass is 571 g/mol. The fraction of sp³-hybridized carbons (Fsp3) is 0.346. The first-order chi connectivity index (χ1) is 19.2. The maximum absolute atomic E-state index is 13.7. The van der Waals surface area contributed by atoms with Crippen LogP contribution in [0.5, 0.6) is 0 Å². The zero-order valence-corrected chi connectivity index (χ0v) is 22.9. The molecule has 3 heterocycles. The van der Waals surface area contributed by atoms with Gasteiger partial charge in [0.2, 0.25) is 15.9 Å². The van der Waals surface area contributed by atoms with Crippen molar-refractivity contribution < 1.29 is 27.1 Å². The summed E-state index contributed by atoms with van der Waals surface area (Å²) < 4.78 is 45.9. The average molecular weight is 572 g/mol. The van der Waals surface area contributed by atoms with Gasteiger partial charge in [-0.1, -0.05) is 6.07 Å². The van der Waals surface area contributed by atoms with Crippen molar-refractivity contribution in [3.63, 3.8) is 0 Å². The molecule has 0 radical (unpaired) electrons. The van der Waals surface area contributed by atoms with E-state index < -0.39 is 21.7 Å². The number of halogens is 1. The van der Waals surface area contributed by atoms with Gasteiger partial charge in [0, 0.05) is 51.0 Å². The van der Waals surface area contributed by atoms with Crippen LogP contribution in [0, 0.1) is 5.82 Å². The highest BCUT2D eigenvalue weighted by Crippen LogP contribution is 2.33. The Balaban J connectivity index is 1.34. The van der Waals surface area contributed by atoms with E-state index in [2.05, 4.69) is 30.6 Å². The normalized spacial score (nSPS) is 16.1. The molecule has 3 aromatic rings. The molecular formula is C26H30FN7O5S. The molecule has 0 saturated carbocycles. The summed E-state index contributed by atoms with van der Waals surface area (Å²) in [6.07, 6.45) is 0. The number of aromatic nitrogens is 2. The van der Waals surface area contributed by atoms with Crippen molar-refractivity contribution in [3.05, 3.63) is 65.1 Å². The van der Waals surface area contributed by atoms with Gasteiger partial charge < -0.3 is 25.2 Å². The van der Waals surface area contributed by atoms with Crippen LogP contribution in [0.3, 0.4) is 0 Å². The molecule has 1 saturated heterocycles. The highest BCUT2D eigenvalue weighted by atomic mass is 32.2. The number of nitrogens with one attached hydrogen (secondary N) is 3. The van der Waals surface area contributed by atoms with Crippen LogP contribution < -0.4 is 15.5 Å². The van der Waals surface area contributed by atoms with E-state index >= 15 is 0 Å². The van der Waals surface area contributed by atoms with Crippen LogP contribution in [0.15, 0.2) is 47.4 Å². The van der Waals surface area contributed by atoms with Crippen molar-refractivity contribution in [1.82, 2.24) is 19.4 Å². The van der Waals surface area contributed by atoms with Gasteiger partial charge in [0.15, 0.2) is 5.82 Å². The Morgan fingerprint density at radius 3 is 2.58 bits per heavy atom. The Hall–Kier alpha value is -3.85. The minimum Gasteiger partial charge on any atom is -0.375 e. The fourth-order valence-electron chi connectivity index (χ4n) is 4.76. The number of hydrogen-bond acceptors (Lipinski definition) is 8. The molecular weight excluding hydrogens is 541 g/mol. The molecule has 40 heavy (non-hydrogen) atoms. The number of likely N-dealkylation sites (N-methyl/N-ethyl adjacent to an activating group) is 1. The standard InChI is InChI=1S/C26H30FN7O5S/c1-32-8-10-33(11-9-32)23-7-6-17(12-21(23)28-24(35)16-39-2)26(36)29-25-20-14-34(15-22(20)30-31-25)40(37,38)19-5-3-4-18(27)13-19/h3-7,12-13H,8-11,14-16H2,1-2H3,(H,28,35)(H2,29,30,31,36). The lowest BCUT2D eigenvalue weighted by Gasteiger charge is -2.35. The van der Waals surface area contributed by atoms with Crippen molar-refractivity contribution in [2.45, 2.75) is 18.0 Å². The number of carbonyl (C=O) groups is 2. The quantitative estimate of drug-likeness (QED) is 0.372. The maximum atomic E-state index is 13.7. The van der Waals surface area contributed by atoms with E-state index in [4.69, 9.17) is 4.74 Å². The summed E-state index contributed by atoms with van der Waals surface area (Å²) in [7, 11) is -0.485. The molecule has 2 aliphatic heterocycles. The van der Waals surface area contributed by atoms with E-state index in [1.165, 1.54) is 29.6 Å². The first-order valence-electron chi connectivity index (χ1n) is 12.6. The number of ether oxygens (including phenoxy) is 1. The number of rotatable bonds is 8. The number of piperazine rings is 1. The van der Waals surface area contributed by atoms with Gasteiger partial charge in [0.1, 0.15) is 12.4 Å². The van der Waals surface area contributed by atoms with E-state index in [0.29, 0.717) is 16.9 Å². The van der Waals surface area contributed by atoms with Crippen molar-refractivity contribution in [3.8, 4) is 0 Å². The Bertz CT molecular complexity index is 1540. The molecule has 5 rings (SSSR count). The fourth-order valence-corrected chi connectivity index (χ4v) is 6.17. The number of fused-ring (bicyclic) bond motifs is 1. The number of amides is 2. The number of anilines is 3. The van der Waals surface area contributed by atoms with Gasteiger partial charge in [0.25, 0.3) is 5.91 Å². The number of carbonyl (C=O) groups excluding carboxylic acids is 2. The first-order valence-corrected chi connectivity index (χ1v) is 14.1. The number of aromatic amines is 1. The molecule has 3 N–H and O–H groups in total. The topological polar surface area (TPSA) is 140 Å². The van der Waals surface area contributed by atoms with Crippen LogP contribution in [-0.2, 0) is 32.6 Å². The van der Waals surface area contributed by atoms with E-state index in [-0.39, 0.29) is 41.9 Å². The van der Waals surface area contributed by atoms with Gasteiger partial charge in [-0.15, -0.1) is 0 Å². The molecule has 0 bridgehead atoms. The second kappa shape index (κ2) is 11.3. The summed E-state index contributed by atoms with van der Waals surface area (Å²) in [4.78, 5) is 29.8. The van der Waals surface area contributed by atoms with Crippen molar-refractivity contribution >= 4 is 39.0 Å². The largest absolute Gasteiger partial charge is 0.375 e. The summed E-state index contributed by atoms with van der Waals surface area (Å²) in [6.45, 7) is 3.10. The summed E-state index contributed by atoms with van der Waals surface area (Å²) in [5.41, 5.74) is 2.63. The van der Waals surface area contributed by atoms with E-state index in [1.54, 1.807) is 18.2 Å². The molecule has 12 nitrogen and oxygen atoms in total. The Morgan fingerprint density at radius 2 is 1.85 bits per heavy atom. The maximum Gasteiger partial charge on any atom is 0.256 e. The summed E-state index contributed by atoms with van der Waals surface area (Å²) >= 11 is 0. The number of benzene rings is 2. The number of hydrogen-bond donors (Lipinski definition) is 3. The van der Waals surface area contributed by atoms with E-state index in [1.807, 2.05) is 7.05 Å². The predicted molar refractivity (Wildman–Crippen MR) is 146 cm³/mol. The molecule has 2 amide bonds. The Morgan fingerprint density at radius 1 is 1.07 bits per heavy atom. The highest BCUT2D eigenvalue weighted by molar-refractivity contribution is 7.89. The van der Waals surface area contributed by atoms with Crippen LogP contribution in [0.2, 0.25) is 0 Å². The Kier molecular flexibility index (Phi) is 7.85. The van der Waals surface area contributed by atoms with Crippen molar-refractivity contribution in [2.75, 3.05) is 62.5 Å². The van der Waals surface area contributed by atoms with Crippen LogP contribution in [0.25, 0.3) is 0 Å². The van der Waals surface area contributed by atoms with Gasteiger partial charge in [-0.05, 0) is 43.4 Å². The highest BCUT2D eigenvalue weighted by Gasteiger charge is 2.34. The molecule has 2 aromatic carbocycles. The van der Waals surface area contributed by atoms with Gasteiger partial charge in [0.05, 0.1) is 28.5 Å². The SMILES string of the molecule is COCC(=O)Nc1cc(C(=O)Nc2n[nH]c3c2CN(S(=O)(=O)c2cccc(F)c2)C3)ccc1N1CCN(C)CC1. The molecule has 212 valence electrons. The van der Waals surface area contributed by atoms with Gasteiger partial charge >= 0.3 is 0 Å². The van der Waals surface area contributed by atoms with Crippen LogP contribution in [-0.4, -0.2) is 86.6 Å². The van der Waals surface area contributed by atoms with Crippen LogP contribution in [0.4, 0.5) is 21.6 Å². The minimum atomic E-state index is -3.96. The molecule has 0 spiro atoms. The number of sulfonamides is 1. The zero-order valence-electron chi connectivity index (χ0n) is 22.1. The van der Waals surface area contributed by atoms with Gasteiger partial charge in [-0.25, -0.2) is 12.8 Å². The third kappa shape index (κ3) is 5.70. The van der Waals surface area contributed by atoms with Gasteiger partial charge in [-0.3, -0.25) is 14.7 Å². The number of H-pyrrole nitrogens is 1. The Labute approximate surface area is 231 Å². The summed E-state index contributed by atoms with van der Waals surface area (Å²) in [5, 5.41) is 12.5. The van der Waals surface area contributed by atoms with Crippen LogP contribution in [0.1, 0.15) is 21.6 Å². The van der Waals surface area contributed by atoms with Crippen LogP contribution >= 0.6 is 0 Å². The third-order valence-electron chi connectivity index (χ3n) is 6.94. The third-order valence-corrected chi connectivity index (χ3v) is 8.73. The second-order valence-corrected chi connectivity index (χ2v) is 11.7. The van der Waals surface area contributed by atoms with E-state index in [0.717, 1.165) is 37.9 Å². The molecule has 14 heteroatoms. The number of methoxy groups -OCH3 is 1. The molecule has 2 aliphatic rings. The molecule has 1 fully saturated rings. The van der Waals surface area contributed by atoms with Crippen molar-refractivity contribution in [1.29, 1.82) is 0 Å². The summed E-state index contributed by atoms with van der Waals surface area (Å²) in [6, 6.07) is 9.89. The predicted octanol–water partition coefficient (Wildman–Crippen LogP) is 1.84. The lowest BCUT2D eigenvalue weighted by molar-refractivity contribution is -0.119. The number of nitrogens with zero attached hydrogens (tertiary/aromatic N) is 4. The van der Waals surface area contributed by atoms with E-state index in [9.17, 15) is 22.4 Å².